The van der Waals surface area contributed by atoms with Gasteiger partial charge in [0.25, 0.3) is 0 Å². The number of nitrogens with zero attached hydrogens (tertiary/aromatic N) is 1. The first-order valence-electron chi connectivity index (χ1n) is 11.4. The number of hydrogen-bond acceptors (Lipinski definition) is 5. The van der Waals surface area contributed by atoms with Gasteiger partial charge in [-0.1, -0.05) is 55.3 Å². The Hall–Kier alpha value is -2.37. The van der Waals surface area contributed by atoms with Crippen LogP contribution in [0.2, 0.25) is 0 Å². The van der Waals surface area contributed by atoms with Crippen LogP contribution >= 0.6 is 0 Å². The molecule has 0 amide bonds. The molecule has 1 saturated heterocycles. The second kappa shape index (κ2) is 10.3. The van der Waals surface area contributed by atoms with Crippen molar-refractivity contribution in [1.29, 1.82) is 0 Å². The van der Waals surface area contributed by atoms with Crippen molar-refractivity contribution in [2.45, 2.75) is 44.2 Å². The predicted octanol–water partition coefficient (Wildman–Crippen LogP) is 4.01. The highest BCUT2D eigenvalue weighted by atomic mass is 16.5. The molecular formula is C26H33NO4. The lowest BCUT2D eigenvalue weighted by Crippen LogP contribution is -2.45. The van der Waals surface area contributed by atoms with Gasteiger partial charge in [-0.2, -0.15) is 0 Å². The Morgan fingerprint density at radius 2 is 1.77 bits per heavy atom. The van der Waals surface area contributed by atoms with Crippen molar-refractivity contribution in [2.75, 3.05) is 26.8 Å². The first kappa shape index (κ1) is 21.8. The van der Waals surface area contributed by atoms with E-state index in [4.69, 9.17) is 9.47 Å². The highest BCUT2D eigenvalue weighted by Gasteiger charge is 2.43. The van der Waals surface area contributed by atoms with Crippen molar-refractivity contribution in [2.24, 2.45) is 11.8 Å². The number of benzene rings is 2. The molecule has 2 aromatic carbocycles. The standard InChI is InChI=1S/C26H33NO4/c1-30-23-13-11-19(12-14-23)18-31-26(29)25(21-9-5-6-10-21)27-15-22(17-28)24(16-27)20-7-3-2-4-8-20/h2-4,7-8,11-14,21-22,24-25,28H,5-6,9-10,15-18H2,1H3/t22-,24-,25-/m1/s1. The fourth-order valence-electron chi connectivity index (χ4n) is 5.27. The van der Waals surface area contributed by atoms with E-state index in [0.29, 0.717) is 5.92 Å². The SMILES string of the molecule is COc1ccc(COC(=O)[C@@H](C2CCCC2)N2C[C@H](CO)[C@@H](c3ccccc3)C2)cc1. The molecule has 4 rings (SSSR count). The van der Waals surface area contributed by atoms with Crippen LogP contribution in [0.3, 0.4) is 0 Å². The van der Waals surface area contributed by atoms with Crippen molar-refractivity contribution < 1.29 is 19.4 Å². The van der Waals surface area contributed by atoms with Crippen molar-refractivity contribution in [3.63, 3.8) is 0 Å². The van der Waals surface area contributed by atoms with E-state index in [2.05, 4.69) is 17.0 Å². The third-order valence-corrected chi connectivity index (χ3v) is 6.95. The summed E-state index contributed by atoms with van der Waals surface area (Å²) in [4.78, 5) is 15.6. The summed E-state index contributed by atoms with van der Waals surface area (Å²) in [6.45, 7) is 1.92. The van der Waals surface area contributed by atoms with Crippen LogP contribution in [-0.2, 0) is 16.1 Å². The monoisotopic (exact) mass is 423 g/mol. The molecular weight excluding hydrogens is 390 g/mol. The number of aliphatic hydroxyl groups excluding tert-OH is 1. The smallest absolute Gasteiger partial charge is 0.323 e. The minimum atomic E-state index is -0.233. The zero-order valence-corrected chi connectivity index (χ0v) is 18.3. The van der Waals surface area contributed by atoms with E-state index in [-0.39, 0.29) is 37.1 Å². The van der Waals surface area contributed by atoms with Crippen LogP contribution in [-0.4, -0.2) is 48.8 Å². The van der Waals surface area contributed by atoms with Crippen molar-refractivity contribution in [1.82, 2.24) is 4.90 Å². The van der Waals surface area contributed by atoms with Gasteiger partial charge in [-0.25, -0.2) is 0 Å². The lowest BCUT2D eigenvalue weighted by Gasteiger charge is -2.31. The molecule has 1 aliphatic heterocycles. The van der Waals surface area contributed by atoms with Crippen LogP contribution in [0.5, 0.6) is 5.75 Å². The first-order chi connectivity index (χ1) is 15.2. The molecule has 0 bridgehead atoms. The van der Waals surface area contributed by atoms with Gasteiger partial charge in [0.2, 0.25) is 0 Å². The van der Waals surface area contributed by atoms with Crippen LogP contribution in [0.15, 0.2) is 54.6 Å². The Morgan fingerprint density at radius 1 is 1.06 bits per heavy atom. The van der Waals surface area contributed by atoms with Crippen LogP contribution in [0.1, 0.15) is 42.7 Å². The fourth-order valence-corrected chi connectivity index (χ4v) is 5.27. The third-order valence-electron chi connectivity index (χ3n) is 6.95. The minimum Gasteiger partial charge on any atom is -0.497 e. The summed E-state index contributed by atoms with van der Waals surface area (Å²) in [5.74, 6) is 1.37. The average molecular weight is 424 g/mol. The highest BCUT2D eigenvalue weighted by Crippen LogP contribution is 2.38. The minimum absolute atomic E-state index is 0.131. The largest absolute Gasteiger partial charge is 0.497 e. The number of carbonyl (C=O) groups is 1. The molecule has 166 valence electrons. The zero-order chi connectivity index (χ0) is 21.6. The summed E-state index contributed by atoms with van der Waals surface area (Å²) in [5, 5.41) is 10.0. The van der Waals surface area contributed by atoms with E-state index in [1.807, 2.05) is 42.5 Å². The molecule has 2 fully saturated rings. The van der Waals surface area contributed by atoms with E-state index in [9.17, 15) is 9.90 Å². The average Bonchev–Trinajstić information content (AvgIpc) is 3.49. The molecule has 5 heteroatoms. The molecule has 0 radical (unpaired) electrons. The Labute approximate surface area is 185 Å². The second-order valence-electron chi connectivity index (χ2n) is 8.86. The molecule has 3 atom stereocenters. The molecule has 1 saturated carbocycles. The number of aliphatic hydroxyl groups is 1. The fraction of sp³-hybridized carbons (Fsp3) is 0.500. The second-order valence-corrected chi connectivity index (χ2v) is 8.86. The van der Waals surface area contributed by atoms with Gasteiger partial charge >= 0.3 is 5.97 Å². The zero-order valence-electron chi connectivity index (χ0n) is 18.3. The summed E-state index contributed by atoms with van der Waals surface area (Å²) < 4.78 is 11.0. The van der Waals surface area contributed by atoms with Crippen LogP contribution in [0.4, 0.5) is 0 Å². The normalized spacial score (nSPS) is 23.0. The molecule has 5 nitrogen and oxygen atoms in total. The number of hydrogen-bond donors (Lipinski definition) is 1. The summed E-state index contributed by atoms with van der Waals surface area (Å²) in [7, 11) is 1.64. The van der Waals surface area contributed by atoms with Gasteiger partial charge < -0.3 is 14.6 Å². The Balaban J connectivity index is 1.47. The van der Waals surface area contributed by atoms with Crippen molar-refractivity contribution >= 4 is 5.97 Å². The number of methoxy groups -OCH3 is 1. The summed E-state index contributed by atoms with van der Waals surface area (Å²) in [5.41, 5.74) is 2.19. The van der Waals surface area contributed by atoms with E-state index in [0.717, 1.165) is 37.2 Å². The summed E-state index contributed by atoms with van der Waals surface area (Å²) in [6, 6.07) is 17.8. The molecule has 1 aliphatic carbocycles. The number of carbonyl (C=O) groups excluding carboxylic acids is 1. The van der Waals surface area contributed by atoms with Gasteiger partial charge in [0.1, 0.15) is 18.4 Å². The number of esters is 1. The van der Waals surface area contributed by atoms with E-state index in [1.54, 1.807) is 7.11 Å². The van der Waals surface area contributed by atoms with Gasteiger partial charge in [0.15, 0.2) is 0 Å². The van der Waals surface area contributed by atoms with E-state index < -0.39 is 0 Å². The van der Waals surface area contributed by atoms with Crippen molar-refractivity contribution in [3.8, 4) is 5.75 Å². The quantitative estimate of drug-likeness (QED) is 0.650. The van der Waals surface area contributed by atoms with Gasteiger partial charge in [-0.15, -0.1) is 0 Å². The maximum Gasteiger partial charge on any atom is 0.323 e. The topological polar surface area (TPSA) is 59.0 Å². The van der Waals surface area contributed by atoms with Crippen LogP contribution < -0.4 is 4.74 Å². The van der Waals surface area contributed by atoms with Gasteiger partial charge in [0, 0.05) is 31.5 Å². The van der Waals surface area contributed by atoms with Crippen LogP contribution in [0.25, 0.3) is 0 Å². The van der Waals surface area contributed by atoms with Gasteiger partial charge in [-0.05, 0) is 42.0 Å². The number of ether oxygens (including phenoxy) is 2. The van der Waals surface area contributed by atoms with Gasteiger partial charge in [-0.3, -0.25) is 9.69 Å². The maximum atomic E-state index is 13.3. The molecule has 1 N–H and O–H groups in total. The Bertz CT molecular complexity index is 832. The third kappa shape index (κ3) is 5.10. The Kier molecular flexibility index (Phi) is 7.25. The van der Waals surface area contributed by atoms with E-state index >= 15 is 0 Å². The van der Waals surface area contributed by atoms with Gasteiger partial charge in [0.05, 0.1) is 7.11 Å². The Morgan fingerprint density at radius 3 is 2.42 bits per heavy atom. The van der Waals surface area contributed by atoms with Crippen molar-refractivity contribution in [3.05, 3.63) is 65.7 Å². The highest BCUT2D eigenvalue weighted by molar-refractivity contribution is 5.76. The molecule has 31 heavy (non-hydrogen) atoms. The number of likely N-dealkylation sites (tertiary alicyclic amines) is 1. The molecule has 0 spiro atoms. The maximum absolute atomic E-state index is 13.3. The van der Waals surface area contributed by atoms with Crippen LogP contribution in [0, 0.1) is 11.8 Å². The first-order valence-corrected chi connectivity index (χ1v) is 11.4. The molecule has 2 aliphatic rings. The molecule has 2 aromatic rings. The molecule has 0 unspecified atom stereocenters. The summed E-state index contributed by atoms with van der Waals surface area (Å²) in [6.07, 6.45) is 4.48. The number of rotatable bonds is 8. The molecule has 0 aromatic heterocycles. The summed E-state index contributed by atoms with van der Waals surface area (Å²) >= 11 is 0. The predicted molar refractivity (Wildman–Crippen MR) is 120 cm³/mol. The lowest BCUT2D eigenvalue weighted by atomic mass is 9.90. The lowest BCUT2D eigenvalue weighted by molar-refractivity contribution is -0.153. The molecule has 1 heterocycles. The van der Waals surface area contributed by atoms with E-state index in [1.165, 1.54) is 18.4 Å².